The summed E-state index contributed by atoms with van der Waals surface area (Å²) in [4.78, 5) is 30.1. The largest absolute Gasteiger partial charge is 0.367 e. The zero-order valence-electron chi connectivity index (χ0n) is 14.7. The van der Waals surface area contributed by atoms with E-state index < -0.39 is 0 Å². The van der Waals surface area contributed by atoms with Gasteiger partial charge in [-0.15, -0.1) is 11.8 Å². The number of para-hydroxylation sites is 2. The van der Waals surface area contributed by atoms with Crippen molar-refractivity contribution in [3.8, 4) is 0 Å². The molecule has 140 valence electrons. The molecule has 0 bridgehead atoms. The molecule has 7 heteroatoms. The molecule has 27 heavy (non-hydrogen) atoms. The fraction of sp³-hybridized carbons (Fsp3) is 0.300. The molecule has 1 atom stereocenters. The van der Waals surface area contributed by atoms with Crippen LogP contribution >= 0.6 is 23.4 Å². The molecule has 1 unspecified atom stereocenters. The minimum atomic E-state index is -0.381. The van der Waals surface area contributed by atoms with E-state index in [1.54, 1.807) is 0 Å². The second-order valence-electron chi connectivity index (χ2n) is 6.62. The van der Waals surface area contributed by atoms with E-state index >= 15 is 0 Å². The second kappa shape index (κ2) is 7.82. The van der Waals surface area contributed by atoms with Gasteiger partial charge in [-0.25, -0.2) is 0 Å². The van der Waals surface area contributed by atoms with Crippen molar-refractivity contribution in [3.05, 3.63) is 53.6 Å². The quantitative estimate of drug-likeness (QED) is 0.855. The van der Waals surface area contributed by atoms with Gasteiger partial charge in [0.1, 0.15) is 0 Å². The Morgan fingerprint density at radius 3 is 2.56 bits per heavy atom. The summed E-state index contributed by atoms with van der Waals surface area (Å²) in [6, 6.07) is 15.4. The van der Waals surface area contributed by atoms with Crippen LogP contribution in [-0.4, -0.2) is 48.1 Å². The molecule has 1 fully saturated rings. The van der Waals surface area contributed by atoms with Crippen molar-refractivity contribution < 1.29 is 9.59 Å². The average Bonchev–Trinajstić information content (AvgIpc) is 2.69. The Morgan fingerprint density at radius 1 is 1.07 bits per heavy atom. The Kier molecular flexibility index (Phi) is 5.27. The number of hydrogen-bond acceptors (Lipinski definition) is 4. The molecular weight excluding hydrogens is 382 g/mol. The predicted molar refractivity (Wildman–Crippen MR) is 110 cm³/mol. The first kappa shape index (κ1) is 18.2. The van der Waals surface area contributed by atoms with Gasteiger partial charge < -0.3 is 15.1 Å². The molecule has 1 saturated heterocycles. The van der Waals surface area contributed by atoms with Crippen molar-refractivity contribution in [2.75, 3.05) is 36.4 Å². The highest BCUT2D eigenvalue weighted by Gasteiger charge is 2.31. The lowest BCUT2D eigenvalue weighted by atomic mass is 10.2. The maximum absolute atomic E-state index is 12.7. The van der Waals surface area contributed by atoms with Crippen molar-refractivity contribution in [2.24, 2.45) is 0 Å². The van der Waals surface area contributed by atoms with Crippen LogP contribution in [0.5, 0.6) is 0 Å². The summed E-state index contributed by atoms with van der Waals surface area (Å²) in [6.07, 6.45) is 0.219. The average molecular weight is 402 g/mol. The van der Waals surface area contributed by atoms with Crippen LogP contribution in [0.2, 0.25) is 5.02 Å². The van der Waals surface area contributed by atoms with E-state index in [-0.39, 0.29) is 23.5 Å². The summed E-state index contributed by atoms with van der Waals surface area (Å²) < 4.78 is 0. The number of hydrogen-bond donors (Lipinski definition) is 1. The van der Waals surface area contributed by atoms with Gasteiger partial charge in [0.25, 0.3) is 0 Å². The molecule has 0 aliphatic carbocycles. The van der Waals surface area contributed by atoms with Gasteiger partial charge in [-0.2, -0.15) is 0 Å². The van der Waals surface area contributed by atoms with Crippen LogP contribution < -0.4 is 10.2 Å². The van der Waals surface area contributed by atoms with Crippen LogP contribution in [0.3, 0.4) is 0 Å². The Balaban J connectivity index is 1.35. The summed E-state index contributed by atoms with van der Waals surface area (Å²) in [5.41, 5.74) is 1.83. The Bertz CT molecular complexity index is 868. The van der Waals surface area contributed by atoms with Gasteiger partial charge in [-0.05, 0) is 24.3 Å². The molecule has 0 spiro atoms. The predicted octanol–water partition coefficient (Wildman–Crippen LogP) is 3.49. The minimum Gasteiger partial charge on any atom is -0.367 e. The third kappa shape index (κ3) is 3.92. The number of halogens is 1. The molecule has 2 aliphatic rings. The van der Waals surface area contributed by atoms with Gasteiger partial charge in [0.05, 0.1) is 21.6 Å². The normalized spacial score (nSPS) is 19.4. The van der Waals surface area contributed by atoms with E-state index in [4.69, 9.17) is 11.6 Å². The van der Waals surface area contributed by atoms with Crippen molar-refractivity contribution in [1.29, 1.82) is 0 Å². The lowest BCUT2D eigenvalue weighted by molar-refractivity contribution is -0.132. The molecule has 0 aromatic heterocycles. The number of fused-ring (bicyclic) bond motifs is 1. The standard InChI is InChI=1S/C20H20ClN3O2S/c21-14-5-1-3-7-16(14)23-9-11-24(12-10-23)19(25)13-18-20(26)22-15-6-2-4-8-17(15)27-18/h1-8,18H,9-13H2,(H,22,26). The van der Waals surface area contributed by atoms with Crippen molar-refractivity contribution >= 4 is 46.6 Å². The number of carbonyl (C=O) groups excluding carboxylic acids is 2. The van der Waals surface area contributed by atoms with Gasteiger partial charge in [0.2, 0.25) is 11.8 Å². The Morgan fingerprint density at radius 2 is 1.78 bits per heavy atom. The van der Waals surface area contributed by atoms with E-state index in [1.807, 2.05) is 53.4 Å². The number of thioether (sulfide) groups is 1. The molecule has 5 nitrogen and oxygen atoms in total. The summed E-state index contributed by atoms with van der Waals surface area (Å²) >= 11 is 7.74. The molecule has 0 saturated carbocycles. The summed E-state index contributed by atoms with van der Waals surface area (Å²) in [6.45, 7) is 2.75. The number of nitrogens with zero attached hydrogens (tertiary/aromatic N) is 2. The molecule has 1 N–H and O–H groups in total. The highest BCUT2D eigenvalue weighted by molar-refractivity contribution is 8.01. The molecule has 2 aliphatic heterocycles. The number of rotatable bonds is 3. The molecule has 2 amide bonds. The first-order chi connectivity index (χ1) is 13.1. The van der Waals surface area contributed by atoms with Gasteiger partial charge in [0.15, 0.2) is 0 Å². The fourth-order valence-electron chi connectivity index (χ4n) is 3.42. The SMILES string of the molecule is O=C1Nc2ccccc2SC1CC(=O)N1CCN(c2ccccc2Cl)CC1. The maximum Gasteiger partial charge on any atom is 0.238 e. The smallest absolute Gasteiger partial charge is 0.238 e. The molecule has 2 heterocycles. The van der Waals surface area contributed by atoms with Crippen LogP contribution in [0.4, 0.5) is 11.4 Å². The molecule has 2 aromatic rings. The number of amides is 2. The molecular formula is C20H20ClN3O2S. The number of anilines is 2. The zero-order valence-corrected chi connectivity index (χ0v) is 16.3. The van der Waals surface area contributed by atoms with E-state index in [9.17, 15) is 9.59 Å². The van der Waals surface area contributed by atoms with Crippen molar-refractivity contribution in [1.82, 2.24) is 4.90 Å². The van der Waals surface area contributed by atoms with Gasteiger partial charge >= 0.3 is 0 Å². The third-order valence-electron chi connectivity index (χ3n) is 4.89. The topological polar surface area (TPSA) is 52.7 Å². The van der Waals surface area contributed by atoms with E-state index in [1.165, 1.54) is 11.8 Å². The van der Waals surface area contributed by atoms with Gasteiger partial charge in [-0.3, -0.25) is 9.59 Å². The molecule has 2 aromatic carbocycles. The first-order valence-corrected chi connectivity index (χ1v) is 10.2. The van der Waals surface area contributed by atoms with Crippen molar-refractivity contribution in [3.63, 3.8) is 0 Å². The summed E-state index contributed by atoms with van der Waals surface area (Å²) in [5, 5.41) is 3.25. The third-order valence-corrected chi connectivity index (χ3v) is 6.49. The van der Waals surface area contributed by atoms with Gasteiger partial charge in [-0.1, -0.05) is 35.9 Å². The summed E-state index contributed by atoms with van der Waals surface area (Å²) in [5.74, 6) is -0.0670. The van der Waals surface area contributed by atoms with E-state index in [0.717, 1.165) is 34.4 Å². The lowest BCUT2D eigenvalue weighted by Crippen LogP contribution is -2.49. The lowest BCUT2D eigenvalue weighted by Gasteiger charge is -2.37. The molecule has 0 radical (unpaired) electrons. The van der Waals surface area contributed by atoms with Crippen LogP contribution in [0.25, 0.3) is 0 Å². The highest BCUT2D eigenvalue weighted by Crippen LogP contribution is 2.37. The molecule has 4 rings (SSSR count). The van der Waals surface area contributed by atoms with Crippen molar-refractivity contribution in [2.45, 2.75) is 16.6 Å². The van der Waals surface area contributed by atoms with Crippen LogP contribution in [0.1, 0.15) is 6.42 Å². The zero-order chi connectivity index (χ0) is 18.8. The number of piperazine rings is 1. The maximum atomic E-state index is 12.7. The van der Waals surface area contributed by atoms with Crippen LogP contribution in [0, 0.1) is 0 Å². The number of carbonyl (C=O) groups is 2. The number of nitrogens with one attached hydrogen (secondary N) is 1. The Labute approximate surface area is 167 Å². The second-order valence-corrected chi connectivity index (χ2v) is 8.27. The van der Waals surface area contributed by atoms with E-state index in [0.29, 0.717) is 13.1 Å². The monoisotopic (exact) mass is 401 g/mol. The van der Waals surface area contributed by atoms with E-state index in [2.05, 4.69) is 10.2 Å². The minimum absolute atomic E-state index is 0.0286. The van der Waals surface area contributed by atoms with Crippen LogP contribution in [-0.2, 0) is 9.59 Å². The highest BCUT2D eigenvalue weighted by atomic mass is 35.5. The van der Waals surface area contributed by atoms with Crippen LogP contribution in [0.15, 0.2) is 53.4 Å². The van der Waals surface area contributed by atoms with Gasteiger partial charge in [0, 0.05) is 37.5 Å². The number of benzene rings is 2. The first-order valence-electron chi connectivity index (χ1n) is 8.95. The summed E-state index contributed by atoms with van der Waals surface area (Å²) in [7, 11) is 0. The Hall–Kier alpha value is -2.18. The fourth-order valence-corrected chi connectivity index (χ4v) is 4.78.